The topological polar surface area (TPSA) is 3.24 Å². The number of fused-ring (bicyclic) bond motifs is 5. The summed E-state index contributed by atoms with van der Waals surface area (Å²) >= 11 is 0. The van der Waals surface area contributed by atoms with E-state index < -0.39 is 5.41 Å². The Balaban J connectivity index is 1.01. The van der Waals surface area contributed by atoms with Crippen LogP contribution in [0.15, 0.2) is 261 Å². The highest BCUT2D eigenvalue weighted by molar-refractivity contribution is 6.00. The largest absolute Gasteiger partial charge is 0.310 e. The Labute approximate surface area is 374 Å². The van der Waals surface area contributed by atoms with Crippen molar-refractivity contribution in [1.82, 2.24) is 0 Å². The van der Waals surface area contributed by atoms with Crippen molar-refractivity contribution < 1.29 is 0 Å². The van der Waals surface area contributed by atoms with Crippen molar-refractivity contribution in [3.05, 3.63) is 283 Å². The maximum Gasteiger partial charge on any atom is 0.0713 e. The maximum atomic E-state index is 2.42. The molecule has 0 radical (unpaired) electrons. The van der Waals surface area contributed by atoms with Gasteiger partial charge < -0.3 is 4.90 Å². The summed E-state index contributed by atoms with van der Waals surface area (Å²) in [5.41, 5.74) is 17.8. The zero-order valence-electron chi connectivity index (χ0n) is 35.3. The van der Waals surface area contributed by atoms with Gasteiger partial charge in [-0.3, -0.25) is 0 Å². The molecule has 0 N–H and O–H groups in total. The zero-order valence-corrected chi connectivity index (χ0v) is 35.3. The highest BCUT2D eigenvalue weighted by atomic mass is 15.1. The SMILES string of the molecule is c1ccc(-c2cccc3ccc(-c4ccc(N(c5ccc(-c6cccc7ccccc67)cc5)c5ccc6c(c5)-c5ccccc5C6(c5ccccc5)c5ccccc5)cc4)cc23)cc1. The van der Waals surface area contributed by atoms with E-state index in [1.54, 1.807) is 0 Å². The molecule has 11 aromatic carbocycles. The fourth-order valence-corrected chi connectivity index (χ4v) is 10.4. The Morgan fingerprint density at radius 1 is 0.250 bits per heavy atom. The Kier molecular flexibility index (Phi) is 9.13. The summed E-state index contributed by atoms with van der Waals surface area (Å²) in [6.45, 7) is 0. The lowest BCUT2D eigenvalue weighted by molar-refractivity contribution is 0.768. The lowest BCUT2D eigenvalue weighted by Gasteiger charge is -2.34. The van der Waals surface area contributed by atoms with Gasteiger partial charge in [-0.25, -0.2) is 0 Å². The highest BCUT2D eigenvalue weighted by Gasteiger charge is 2.46. The van der Waals surface area contributed by atoms with Crippen LogP contribution >= 0.6 is 0 Å². The summed E-state index contributed by atoms with van der Waals surface area (Å²) in [5, 5.41) is 4.99. The van der Waals surface area contributed by atoms with E-state index in [0.29, 0.717) is 0 Å². The van der Waals surface area contributed by atoms with Gasteiger partial charge in [0.2, 0.25) is 0 Å². The van der Waals surface area contributed by atoms with Crippen LogP contribution in [-0.2, 0) is 5.41 Å². The van der Waals surface area contributed by atoms with Gasteiger partial charge in [0.25, 0.3) is 0 Å². The Morgan fingerprint density at radius 2 is 0.719 bits per heavy atom. The zero-order chi connectivity index (χ0) is 42.5. The van der Waals surface area contributed by atoms with Crippen LogP contribution in [0.3, 0.4) is 0 Å². The third-order valence-corrected chi connectivity index (χ3v) is 13.4. The molecule has 0 aromatic heterocycles. The lowest BCUT2D eigenvalue weighted by atomic mass is 9.68. The van der Waals surface area contributed by atoms with Gasteiger partial charge in [-0.1, -0.05) is 218 Å². The van der Waals surface area contributed by atoms with E-state index in [0.717, 1.165) is 17.1 Å². The monoisotopic (exact) mass is 813 g/mol. The molecule has 12 rings (SSSR count). The van der Waals surface area contributed by atoms with E-state index in [4.69, 9.17) is 0 Å². The van der Waals surface area contributed by atoms with E-state index >= 15 is 0 Å². The molecule has 0 amide bonds. The van der Waals surface area contributed by atoms with E-state index in [9.17, 15) is 0 Å². The van der Waals surface area contributed by atoms with E-state index in [1.165, 1.54) is 88.3 Å². The molecular weight excluding hydrogens is 771 g/mol. The van der Waals surface area contributed by atoms with Crippen molar-refractivity contribution in [2.45, 2.75) is 5.41 Å². The highest BCUT2D eigenvalue weighted by Crippen LogP contribution is 2.57. The van der Waals surface area contributed by atoms with Crippen molar-refractivity contribution >= 4 is 38.6 Å². The quantitative estimate of drug-likeness (QED) is 0.148. The average Bonchev–Trinajstić information content (AvgIpc) is 3.67. The Morgan fingerprint density at radius 3 is 1.41 bits per heavy atom. The molecule has 1 aliphatic carbocycles. The van der Waals surface area contributed by atoms with Gasteiger partial charge >= 0.3 is 0 Å². The minimum Gasteiger partial charge on any atom is -0.310 e. The predicted octanol–water partition coefficient (Wildman–Crippen LogP) is 16.8. The molecule has 11 aromatic rings. The van der Waals surface area contributed by atoms with Gasteiger partial charge in [0, 0.05) is 17.1 Å². The molecule has 0 fully saturated rings. The van der Waals surface area contributed by atoms with E-state index in [1.807, 2.05) is 0 Å². The summed E-state index contributed by atoms with van der Waals surface area (Å²) in [6.07, 6.45) is 0. The number of rotatable bonds is 8. The second-order valence-corrected chi connectivity index (χ2v) is 16.8. The molecule has 0 bridgehead atoms. The summed E-state index contributed by atoms with van der Waals surface area (Å²) < 4.78 is 0. The van der Waals surface area contributed by atoms with Gasteiger partial charge in [0.15, 0.2) is 0 Å². The van der Waals surface area contributed by atoms with Crippen LogP contribution in [0.25, 0.3) is 66.1 Å². The second kappa shape index (κ2) is 15.6. The lowest BCUT2D eigenvalue weighted by Crippen LogP contribution is -2.28. The van der Waals surface area contributed by atoms with Crippen LogP contribution in [0.2, 0.25) is 0 Å². The molecule has 1 aliphatic rings. The molecule has 64 heavy (non-hydrogen) atoms. The summed E-state index contributed by atoms with van der Waals surface area (Å²) in [6, 6.07) is 95.8. The van der Waals surface area contributed by atoms with Crippen LogP contribution in [0.4, 0.5) is 17.1 Å². The van der Waals surface area contributed by atoms with Crippen LogP contribution in [0.5, 0.6) is 0 Å². The molecule has 0 aliphatic heterocycles. The van der Waals surface area contributed by atoms with Crippen LogP contribution < -0.4 is 4.90 Å². The van der Waals surface area contributed by atoms with Gasteiger partial charge in [-0.15, -0.1) is 0 Å². The standard InChI is InChI=1S/C63H43N/c1-4-16-45(17-5-1)57-28-15-20-47-30-31-49(42-59(47)57)44-32-36-52(37-33-44)64(53-38-34-48(35-39-53)56-27-14-19-46-18-10-11-25-55(46)56)54-40-41-62-60(43-54)58-26-12-13-29-61(58)63(62,50-21-6-2-7-22-50)51-23-8-3-9-24-51/h1-43H. The number of anilines is 3. The average molecular weight is 814 g/mol. The summed E-state index contributed by atoms with van der Waals surface area (Å²) in [7, 11) is 0. The normalized spacial score (nSPS) is 12.5. The van der Waals surface area contributed by atoms with Gasteiger partial charge in [-0.2, -0.15) is 0 Å². The Hall–Kier alpha value is -8.26. The molecule has 300 valence electrons. The first-order valence-corrected chi connectivity index (χ1v) is 22.2. The van der Waals surface area contributed by atoms with Gasteiger partial charge in [-0.05, 0) is 131 Å². The Bertz CT molecular complexity index is 3420. The van der Waals surface area contributed by atoms with Crippen molar-refractivity contribution in [3.8, 4) is 44.5 Å². The minimum atomic E-state index is -0.459. The second-order valence-electron chi connectivity index (χ2n) is 16.8. The molecule has 0 atom stereocenters. The molecular formula is C63H43N. The van der Waals surface area contributed by atoms with Crippen LogP contribution in [0.1, 0.15) is 22.3 Å². The molecule has 0 saturated heterocycles. The van der Waals surface area contributed by atoms with E-state index in [-0.39, 0.29) is 0 Å². The smallest absolute Gasteiger partial charge is 0.0713 e. The van der Waals surface area contributed by atoms with Gasteiger partial charge in [0.1, 0.15) is 0 Å². The number of hydrogen-bond acceptors (Lipinski definition) is 1. The molecule has 0 spiro atoms. The maximum absolute atomic E-state index is 2.42. The molecule has 1 heteroatoms. The number of benzene rings is 11. The molecule has 0 unspecified atom stereocenters. The van der Waals surface area contributed by atoms with E-state index in [2.05, 4.69) is 266 Å². The first-order valence-electron chi connectivity index (χ1n) is 22.2. The predicted molar refractivity (Wildman–Crippen MR) is 270 cm³/mol. The first-order chi connectivity index (χ1) is 31.7. The van der Waals surface area contributed by atoms with Crippen LogP contribution in [-0.4, -0.2) is 0 Å². The molecule has 0 heterocycles. The van der Waals surface area contributed by atoms with Gasteiger partial charge in [0.05, 0.1) is 5.41 Å². The summed E-state index contributed by atoms with van der Waals surface area (Å²) in [5.74, 6) is 0. The number of hydrogen-bond donors (Lipinski definition) is 0. The molecule has 0 saturated carbocycles. The third kappa shape index (κ3) is 6.16. The fraction of sp³-hybridized carbons (Fsp3) is 0.0159. The van der Waals surface area contributed by atoms with Crippen molar-refractivity contribution in [1.29, 1.82) is 0 Å². The first kappa shape index (κ1) is 37.5. The van der Waals surface area contributed by atoms with Crippen LogP contribution in [0, 0.1) is 0 Å². The summed E-state index contributed by atoms with van der Waals surface area (Å²) in [4.78, 5) is 2.42. The third-order valence-electron chi connectivity index (χ3n) is 13.4. The minimum absolute atomic E-state index is 0.459. The number of nitrogens with zero attached hydrogens (tertiary/aromatic N) is 1. The molecule has 1 nitrogen and oxygen atoms in total. The van der Waals surface area contributed by atoms with Crippen molar-refractivity contribution in [2.24, 2.45) is 0 Å². The van der Waals surface area contributed by atoms with Crippen molar-refractivity contribution in [3.63, 3.8) is 0 Å². The van der Waals surface area contributed by atoms with Crippen molar-refractivity contribution in [2.75, 3.05) is 4.90 Å². The fourth-order valence-electron chi connectivity index (χ4n) is 10.4.